The molecule has 0 unspecified atom stereocenters. The number of hydrogen-bond acceptors (Lipinski definition) is 4. The summed E-state index contributed by atoms with van der Waals surface area (Å²) >= 11 is 3.41. The maximum absolute atomic E-state index is 12.9. The Hall–Kier alpha value is -3.45. The first kappa shape index (κ1) is 20.8. The number of nitrogens with one attached hydrogen (secondary N) is 1. The van der Waals surface area contributed by atoms with E-state index in [1.54, 1.807) is 25.2 Å². The van der Waals surface area contributed by atoms with Gasteiger partial charge in [-0.25, -0.2) is 0 Å². The van der Waals surface area contributed by atoms with Crippen molar-refractivity contribution in [3.8, 4) is 11.3 Å². The fourth-order valence-electron chi connectivity index (χ4n) is 3.34. The van der Waals surface area contributed by atoms with Crippen LogP contribution in [-0.4, -0.2) is 35.5 Å². The summed E-state index contributed by atoms with van der Waals surface area (Å²) in [7, 11) is 1.60. The van der Waals surface area contributed by atoms with Crippen LogP contribution in [0.1, 0.15) is 15.9 Å². The average molecular weight is 478 g/mol. The molecule has 0 radical (unpaired) electrons. The maximum atomic E-state index is 12.9. The Morgan fingerprint density at radius 3 is 2.58 bits per heavy atom. The number of likely N-dealkylation sites (N-methyl/N-ethyl adjacent to an activating group) is 1. The van der Waals surface area contributed by atoms with Gasteiger partial charge in [-0.2, -0.15) is 0 Å². The summed E-state index contributed by atoms with van der Waals surface area (Å²) < 4.78 is 6.44. The normalized spacial score (nSPS) is 10.8. The predicted octanol–water partition coefficient (Wildman–Crippen LogP) is 5.28. The Morgan fingerprint density at radius 2 is 1.84 bits per heavy atom. The molecule has 3 aromatic carbocycles. The molecule has 0 saturated heterocycles. The number of carbonyl (C=O) groups excluding carboxylic acids is 2. The minimum Gasteiger partial charge on any atom is -0.355 e. The second-order valence-corrected chi connectivity index (χ2v) is 8.19. The van der Waals surface area contributed by atoms with E-state index in [1.165, 1.54) is 4.90 Å². The predicted molar refractivity (Wildman–Crippen MR) is 124 cm³/mol. The lowest BCUT2D eigenvalue weighted by Gasteiger charge is -2.17. The van der Waals surface area contributed by atoms with E-state index in [2.05, 4.69) is 26.4 Å². The van der Waals surface area contributed by atoms with Crippen LogP contribution in [0.2, 0.25) is 0 Å². The van der Waals surface area contributed by atoms with Gasteiger partial charge in [-0.15, -0.1) is 0 Å². The summed E-state index contributed by atoms with van der Waals surface area (Å²) in [5, 5.41) is 7.69. The molecule has 0 aliphatic carbocycles. The fourth-order valence-corrected chi connectivity index (χ4v) is 3.81. The lowest BCUT2D eigenvalue weighted by molar-refractivity contribution is -0.116. The fraction of sp³-hybridized carbons (Fsp3) is 0.125. The quantitative estimate of drug-likeness (QED) is 0.424. The standard InChI is InChI=1S/C24H20BrN3O3/c1-15-12-18(25)9-11-20(15)26-22(29)14-28(2)24(30)17-8-10-21-19(13-17)23(31-27-21)16-6-4-3-5-7-16/h3-13H,14H2,1-2H3,(H,26,29). The zero-order valence-electron chi connectivity index (χ0n) is 17.1. The topological polar surface area (TPSA) is 75.4 Å². The Kier molecular flexibility index (Phi) is 5.86. The van der Waals surface area contributed by atoms with Gasteiger partial charge in [0.25, 0.3) is 5.91 Å². The van der Waals surface area contributed by atoms with Gasteiger partial charge in [0.1, 0.15) is 5.52 Å². The smallest absolute Gasteiger partial charge is 0.254 e. The molecule has 0 bridgehead atoms. The number of fused-ring (bicyclic) bond motifs is 1. The molecule has 1 heterocycles. The van der Waals surface area contributed by atoms with Crippen LogP contribution in [0, 0.1) is 6.92 Å². The molecule has 1 aromatic heterocycles. The zero-order valence-corrected chi connectivity index (χ0v) is 18.6. The van der Waals surface area contributed by atoms with Crippen molar-refractivity contribution in [2.24, 2.45) is 0 Å². The number of rotatable bonds is 5. The van der Waals surface area contributed by atoms with Crippen LogP contribution in [0.4, 0.5) is 5.69 Å². The number of halogens is 1. The molecule has 0 aliphatic rings. The van der Waals surface area contributed by atoms with Gasteiger partial charge in [-0.1, -0.05) is 51.4 Å². The minimum absolute atomic E-state index is 0.0679. The van der Waals surface area contributed by atoms with Crippen molar-refractivity contribution < 1.29 is 14.1 Å². The van der Waals surface area contributed by atoms with Crippen molar-refractivity contribution in [2.75, 3.05) is 18.9 Å². The number of aryl methyl sites for hydroxylation is 1. The zero-order chi connectivity index (χ0) is 22.0. The lowest BCUT2D eigenvalue weighted by Crippen LogP contribution is -2.35. The Bertz CT molecular complexity index is 1270. The van der Waals surface area contributed by atoms with Gasteiger partial charge in [0.15, 0.2) is 5.76 Å². The monoisotopic (exact) mass is 477 g/mol. The molecule has 0 spiro atoms. The molecule has 0 fully saturated rings. The summed E-state index contributed by atoms with van der Waals surface area (Å²) in [6, 6.07) is 20.4. The van der Waals surface area contributed by atoms with Gasteiger partial charge >= 0.3 is 0 Å². The largest absolute Gasteiger partial charge is 0.355 e. The van der Waals surface area contributed by atoms with E-state index in [4.69, 9.17) is 4.52 Å². The van der Waals surface area contributed by atoms with Gasteiger partial charge < -0.3 is 14.7 Å². The number of carbonyl (C=O) groups is 2. The number of nitrogens with zero attached hydrogens (tertiary/aromatic N) is 2. The van der Waals surface area contributed by atoms with Crippen LogP contribution in [0.15, 0.2) is 75.7 Å². The van der Waals surface area contributed by atoms with E-state index in [0.717, 1.165) is 21.0 Å². The molecule has 0 saturated carbocycles. The number of amides is 2. The van der Waals surface area contributed by atoms with E-state index in [9.17, 15) is 9.59 Å². The second-order valence-electron chi connectivity index (χ2n) is 7.28. The third kappa shape index (κ3) is 4.51. The van der Waals surface area contributed by atoms with Gasteiger partial charge in [0.2, 0.25) is 5.91 Å². The molecule has 2 amide bonds. The molecule has 0 aliphatic heterocycles. The first-order chi connectivity index (χ1) is 14.9. The van der Waals surface area contributed by atoms with Crippen molar-refractivity contribution >= 4 is 44.3 Å². The first-order valence-electron chi connectivity index (χ1n) is 9.68. The van der Waals surface area contributed by atoms with Crippen LogP contribution >= 0.6 is 15.9 Å². The second kappa shape index (κ2) is 8.73. The molecule has 6 nitrogen and oxygen atoms in total. The van der Waals surface area contributed by atoms with Crippen molar-refractivity contribution in [1.82, 2.24) is 10.1 Å². The highest BCUT2D eigenvalue weighted by Crippen LogP contribution is 2.29. The lowest BCUT2D eigenvalue weighted by atomic mass is 10.1. The number of benzene rings is 3. The average Bonchev–Trinajstić information content (AvgIpc) is 3.19. The van der Waals surface area contributed by atoms with Crippen molar-refractivity contribution in [3.05, 3.63) is 82.3 Å². The van der Waals surface area contributed by atoms with E-state index in [-0.39, 0.29) is 18.4 Å². The SMILES string of the molecule is Cc1cc(Br)ccc1NC(=O)CN(C)C(=O)c1ccc2noc(-c3ccccc3)c2c1. The van der Waals surface area contributed by atoms with Crippen molar-refractivity contribution in [1.29, 1.82) is 0 Å². The summed E-state index contributed by atoms with van der Waals surface area (Å²) in [5.74, 6) is 0.0819. The summed E-state index contributed by atoms with van der Waals surface area (Å²) in [4.78, 5) is 26.8. The third-order valence-corrected chi connectivity index (χ3v) is 5.44. The summed E-state index contributed by atoms with van der Waals surface area (Å²) in [6.45, 7) is 1.84. The van der Waals surface area contributed by atoms with Crippen LogP contribution in [-0.2, 0) is 4.79 Å². The van der Waals surface area contributed by atoms with Gasteiger partial charge in [0, 0.05) is 28.3 Å². The highest BCUT2D eigenvalue weighted by atomic mass is 79.9. The van der Waals surface area contributed by atoms with Gasteiger partial charge in [-0.3, -0.25) is 9.59 Å². The molecule has 0 atom stereocenters. The molecule has 156 valence electrons. The molecule has 4 aromatic rings. The Morgan fingerprint density at radius 1 is 1.06 bits per heavy atom. The van der Waals surface area contributed by atoms with E-state index in [0.29, 0.717) is 22.5 Å². The highest BCUT2D eigenvalue weighted by Gasteiger charge is 2.18. The Labute approximate surface area is 188 Å². The van der Waals surface area contributed by atoms with Crippen LogP contribution < -0.4 is 5.32 Å². The highest BCUT2D eigenvalue weighted by molar-refractivity contribution is 9.10. The van der Waals surface area contributed by atoms with Crippen molar-refractivity contribution in [3.63, 3.8) is 0 Å². The van der Waals surface area contributed by atoms with Gasteiger partial charge in [-0.05, 0) is 48.9 Å². The molecular formula is C24H20BrN3O3. The van der Waals surface area contributed by atoms with Gasteiger partial charge in [0.05, 0.1) is 11.9 Å². The number of anilines is 1. The molecule has 7 heteroatoms. The molecule has 31 heavy (non-hydrogen) atoms. The van der Waals surface area contributed by atoms with Crippen LogP contribution in [0.3, 0.4) is 0 Å². The molecular weight excluding hydrogens is 458 g/mol. The number of hydrogen-bond donors (Lipinski definition) is 1. The summed E-state index contributed by atoms with van der Waals surface area (Å²) in [5.41, 5.74) is 3.66. The maximum Gasteiger partial charge on any atom is 0.254 e. The van der Waals surface area contributed by atoms with E-state index in [1.807, 2.05) is 55.5 Å². The third-order valence-electron chi connectivity index (χ3n) is 4.95. The minimum atomic E-state index is -0.266. The van der Waals surface area contributed by atoms with Crippen molar-refractivity contribution in [2.45, 2.75) is 6.92 Å². The van der Waals surface area contributed by atoms with Crippen LogP contribution in [0.25, 0.3) is 22.2 Å². The van der Waals surface area contributed by atoms with E-state index < -0.39 is 0 Å². The van der Waals surface area contributed by atoms with E-state index >= 15 is 0 Å². The Balaban J connectivity index is 1.51. The summed E-state index contributed by atoms with van der Waals surface area (Å²) in [6.07, 6.45) is 0. The molecule has 1 N–H and O–H groups in total. The first-order valence-corrected chi connectivity index (χ1v) is 10.5. The van der Waals surface area contributed by atoms with Crippen LogP contribution in [0.5, 0.6) is 0 Å². The molecule has 4 rings (SSSR count). The number of aromatic nitrogens is 1.